The van der Waals surface area contributed by atoms with Gasteiger partial charge in [-0.15, -0.1) is 0 Å². The molecule has 0 fully saturated rings. The summed E-state index contributed by atoms with van der Waals surface area (Å²) in [6.45, 7) is 5.56. The van der Waals surface area contributed by atoms with Crippen molar-refractivity contribution in [3.8, 4) is 33.9 Å². The zero-order chi connectivity index (χ0) is 26.4. The zero-order valence-corrected chi connectivity index (χ0v) is 21.0. The van der Waals surface area contributed by atoms with Gasteiger partial charge in [0.05, 0.1) is 34.1 Å². The third kappa shape index (κ3) is 4.17. The van der Waals surface area contributed by atoms with E-state index >= 15 is 0 Å². The van der Waals surface area contributed by atoms with Crippen molar-refractivity contribution in [2.45, 2.75) is 20.8 Å². The van der Waals surface area contributed by atoms with Crippen LogP contribution in [0.3, 0.4) is 0 Å². The number of nitrogens with one attached hydrogen (secondary N) is 3. The van der Waals surface area contributed by atoms with Gasteiger partial charge < -0.3 is 10.3 Å². The van der Waals surface area contributed by atoms with Crippen LogP contribution in [0.25, 0.3) is 56.0 Å². The zero-order valence-electron chi connectivity index (χ0n) is 21.0. The summed E-state index contributed by atoms with van der Waals surface area (Å²) < 4.78 is 14.6. The van der Waals surface area contributed by atoms with Crippen LogP contribution in [-0.2, 0) is 4.79 Å². The van der Waals surface area contributed by atoms with E-state index in [1.807, 2.05) is 57.2 Å². The number of imidazole rings is 1. The molecule has 0 bridgehead atoms. The van der Waals surface area contributed by atoms with Crippen molar-refractivity contribution in [1.82, 2.24) is 30.1 Å². The summed E-state index contributed by atoms with van der Waals surface area (Å²) in [6, 6.07) is 17.8. The first-order valence-electron chi connectivity index (χ1n) is 12.1. The van der Waals surface area contributed by atoms with Gasteiger partial charge in [-0.3, -0.25) is 14.9 Å². The number of pyridine rings is 2. The topological polar surface area (TPSA) is 112 Å². The van der Waals surface area contributed by atoms with E-state index in [9.17, 15) is 9.18 Å². The minimum Gasteiger partial charge on any atom is -0.336 e. The molecule has 6 aromatic rings. The van der Waals surface area contributed by atoms with Crippen molar-refractivity contribution in [3.63, 3.8) is 0 Å². The molecule has 188 valence electrons. The van der Waals surface area contributed by atoms with Gasteiger partial charge >= 0.3 is 0 Å². The van der Waals surface area contributed by atoms with Crippen LogP contribution in [0.5, 0.6) is 0 Å². The van der Waals surface area contributed by atoms with Gasteiger partial charge in [0.2, 0.25) is 5.91 Å². The smallest absolute Gasteiger partial charge is 0.229 e. The number of aromatic amines is 2. The summed E-state index contributed by atoms with van der Waals surface area (Å²) in [6.07, 6.45) is 3.30. The van der Waals surface area contributed by atoms with Crippen molar-refractivity contribution in [1.29, 1.82) is 0 Å². The molecule has 0 saturated carbocycles. The minimum atomic E-state index is -0.530. The monoisotopic (exact) mass is 505 g/mol. The fourth-order valence-electron chi connectivity index (χ4n) is 4.23. The van der Waals surface area contributed by atoms with Gasteiger partial charge in [-0.1, -0.05) is 51.1 Å². The average molecular weight is 506 g/mol. The molecule has 38 heavy (non-hydrogen) atoms. The first-order chi connectivity index (χ1) is 18.3. The number of fused-ring (bicyclic) bond motifs is 2. The number of nitrogens with zero attached hydrogens (tertiary/aromatic N) is 4. The highest BCUT2D eigenvalue weighted by Crippen LogP contribution is 2.33. The number of carbonyl (C=O) groups excluding carboxylic acids is 1. The highest BCUT2D eigenvalue weighted by molar-refractivity contribution is 5.97. The predicted molar refractivity (Wildman–Crippen MR) is 146 cm³/mol. The van der Waals surface area contributed by atoms with Gasteiger partial charge in [0, 0.05) is 28.3 Å². The third-order valence-electron chi connectivity index (χ3n) is 6.28. The van der Waals surface area contributed by atoms with Crippen LogP contribution in [0.1, 0.15) is 20.8 Å². The summed E-state index contributed by atoms with van der Waals surface area (Å²) in [5, 5.41) is 10.4. The van der Waals surface area contributed by atoms with Gasteiger partial charge in [0.15, 0.2) is 11.5 Å². The van der Waals surface area contributed by atoms with Crippen molar-refractivity contribution >= 4 is 33.7 Å². The van der Waals surface area contributed by atoms with E-state index in [1.54, 1.807) is 30.6 Å². The molecule has 0 spiro atoms. The molecule has 4 aromatic heterocycles. The second-order valence-corrected chi connectivity index (χ2v) is 10.1. The Morgan fingerprint density at radius 3 is 2.53 bits per heavy atom. The van der Waals surface area contributed by atoms with E-state index in [0.29, 0.717) is 45.1 Å². The maximum Gasteiger partial charge on any atom is 0.229 e. The number of benzene rings is 2. The third-order valence-corrected chi connectivity index (χ3v) is 6.28. The summed E-state index contributed by atoms with van der Waals surface area (Å²) in [4.78, 5) is 29.7. The second kappa shape index (κ2) is 8.88. The number of H-pyrrole nitrogens is 2. The first kappa shape index (κ1) is 23.5. The van der Waals surface area contributed by atoms with Crippen LogP contribution in [0.2, 0.25) is 0 Å². The number of rotatable bonds is 4. The molecule has 0 aliphatic carbocycles. The lowest BCUT2D eigenvalue weighted by Crippen LogP contribution is -2.27. The standard InChI is InChI=1S/C29H24FN7O/c1-29(2,3)28(38)32-17-13-16(14-31-15-17)21-11-12-23-25(33-21)26(37-36-23)27-34-22-10-6-8-19(24(22)35-27)18-7-4-5-9-20(18)30/h4-15H,1-3H3,(H,32,38)(H,34,35)(H,36,37). The molecule has 0 unspecified atom stereocenters. The Hall–Kier alpha value is -4.92. The van der Waals surface area contributed by atoms with E-state index in [-0.39, 0.29) is 11.7 Å². The molecule has 2 aromatic carbocycles. The fraction of sp³-hybridized carbons (Fsp3) is 0.138. The van der Waals surface area contributed by atoms with Crippen molar-refractivity contribution in [2.24, 2.45) is 5.41 Å². The Labute approximate surface area is 217 Å². The number of anilines is 1. The molecular formula is C29H24FN7O. The van der Waals surface area contributed by atoms with Crippen molar-refractivity contribution in [2.75, 3.05) is 5.32 Å². The number of para-hydroxylation sites is 1. The number of hydrogen-bond donors (Lipinski definition) is 3. The van der Waals surface area contributed by atoms with E-state index in [2.05, 4.69) is 25.5 Å². The quantitative estimate of drug-likeness (QED) is 0.258. The second-order valence-electron chi connectivity index (χ2n) is 10.1. The van der Waals surface area contributed by atoms with E-state index < -0.39 is 5.41 Å². The molecule has 1 amide bonds. The van der Waals surface area contributed by atoms with Crippen LogP contribution in [0.4, 0.5) is 10.1 Å². The maximum absolute atomic E-state index is 14.6. The molecule has 0 saturated heterocycles. The van der Waals surface area contributed by atoms with Crippen LogP contribution >= 0.6 is 0 Å². The van der Waals surface area contributed by atoms with Gasteiger partial charge in [0.1, 0.15) is 11.3 Å². The molecule has 6 rings (SSSR count). The fourth-order valence-corrected chi connectivity index (χ4v) is 4.23. The normalized spacial score (nSPS) is 11.8. The molecular weight excluding hydrogens is 481 g/mol. The molecule has 4 heterocycles. The van der Waals surface area contributed by atoms with Crippen LogP contribution in [0, 0.1) is 11.2 Å². The molecule has 8 nitrogen and oxygen atoms in total. The Morgan fingerprint density at radius 1 is 0.895 bits per heavy atom. The Balaban J connectivity index is 1.41. The number of halogens is 1. The predicted octanol–water partition coefficient (Wildman–Crippen LogP) is 6.35. The van der Waals surface area contributed by atoms with E-state index in [4.69, 9.17) is 9.97 Å². The summed E-state index contributed by atoms with van der Waals surface area (Å²) in [5.41, 5.74) is 5.97. The lowest BCUT2D eigenvalue weighted by atomic mass is 9.95. The Bertz CT molecular complexity index is 1830. The number of carbonyl (C=O) groups is 1. The van der Waals surface area contributed by atoms with Crippen LogP contribution < -0.4 is 5.32 Å². The number of amides is 1. The van der Waals surface area contributed by atoms with Gasteiger partial charge in [-0.05, 0) is 30.3 Å². The van der Waals surface area contributed by atoms with Crippen LogP contribution in [0.15, 0.2) is 73.1 Å². The molecule has 0 aliphatic heterocycles. The van der Waals surface area contributed by atoms with E-state index in [0.717, 1.165) is 16.6 Å². The Morgan fingerprint density at radius 2 is 1.71 bits per heavy atom. The molecule has 0 radical (unpaired) electrons. The maximum atomic E-state index is 14.6. The number of aromatic nitrogens is 6. The SMILES string of the molecule is CC(C)(C)C(=O)Nc1cncc(-c2ccc3[nH]nc(-c4nc5c(-c6ccccc6F)cccc5[nH]4)c3n2)c1. The molecule has 0 atom stereocenters. The van der Waals surface area contributed by atoms with Crippen LogP contribution in [-0.4, -0.2) is 36.0 Å². The molecule has 9 heteroatoms. The summed E-state index contributed by atoms with van der Waals surface area (Å²) in [7, 11) is 0. The summed E-state index contributed by atoms with van der Waals surface area (Å²) >= 11 is 0. The largest absolute Gasteiger partial charge is 0.336 e. The highest BCUT2D eigenvalue weighted by atomic mass is 19.1. The average Bonchev–Trinajstić information content (AvgIpc) is 3.52. The van der Waals surface area contributed by atoms with Crippen molar-refractivity contribution < 1.29 is 9.18 Å². The molecule has 0 aliphatic rings. The van der Waals surface area contributed by atoms with Gasteiger partial charge in [-0.2, -0.15) is 5.10 Å². The van der Waals surface area contributed by atoms with Gasteiger partial charge in [0.25, 0.3) is 0 Å². The number of hydrogen-bond acceptors (Lipinski definition) is 5. The highest BCUT2D eigenvalue weighted by Gasteiger charge is 2.22. The molecule has 3 N–H and O–H groups in total. The van der Waals surface area contributed by atoms with Crippen molar-refractivity contribution in [3.05, 3.63) is 78.9 Å². The van der Waals surface area contributed by atoms with E-state index in [1.165, 1.54) is 6.07 Å². The Kier molecular flexibility index (Phi) is 5.48. The first-order valence-corrected chi connectivity index (χ1v) is 12.1. The van der Waals surface area contributed by atoms with Gasteiger partial charge in [-0.25, -0.2) is 14.4 Å². The summed E-state index contributed by atoms with van der Waals surface area (Å²) in [5.74, 6) is 0.108. The lowest BCUT2D eigenvalue weighted by Gasteiger charge is -2.17. The lowest BCUT2D eigenvalue weighted by molar-refractivity contribution is -0.123. The minimum absolute atomic E-state index is 0.100.